The van der Waals surface area contributed by atoms with E-state index < -0.39 is 6.10 Å². The quantitative estimate of drug-likeness (QED) is 0.663. The third kappa shape index (κ3) is 2.32. The highest BCUT2D eigenvalue weighted by molar-refractivity contribution is 14.1. The van der Waals surface area contributed by atoms with Gasteiger partial charge < -0.3 is 5.11 Å². The predicted octanol–water partition coefficient (Wildman–Crippen LogP) is 2.90. The van der Waals surface area contributed by atoms with E-state index in [2.05, 4.69) is 29.2 Å². The molecule has 2 heteroatoms. The molecule has 0 spiro atoms. The number of halogens is 1. The van der Waals surface area contributed by atoms with E-state index in [1.807, 2.05) is 24.3 Å². The van der Waals surface area contributed by atoms with Gasteiger partial charge >= 0.3 is 0 Å². The van der Waals surface area contributed by atoms with Gasteiger partial charge in [0, 0.05) is 3.57 Å². The van der Waals surface area contributed by atoms with Gasteiger partial charge in [-0.3, -0.25) is 0 Å². The van der Waals surface area contributed by atoms with Gasteiger partial charge in [0.1, 0.15) is 0 Å². The second kappa shape index (κ2) is 4.62. The number of hydrogen-bond acceptors (Lipinski definition) is 1. The van der Waals surface area contributed by atoms with Gasteiger partial charge in [-0.25, -0.2) is 0 Å². The lowest BCUT2D eigenvalue weighted by Crippen LogP contribution is -1.97. The third-order valence-corrected chi connectivity index (χ3v) is 2.64. The van der Waals surface area contributed by atoms with Crippen molar-refractivity contribution in [3.05, 3.63) is 46.1 Å². The maximum absolute atomic E-state index is 9.63. The molecule has 1 atom stereocenters. The van der Waals surface area contributed by atoms with Crippen LogP contribution in [-0.2, 0) is 0 Å². The van der Waals surface area contributed by atoms with Gasteiger partial charge in [-0.2, -0.15) is 0 Å². The second-order valence-electron chi connectivity index (χ2n) is 2.56. The van der Waals surface area contributed by atoms with E-state index >= 15 is 0 Å². The van der Waals surface area contributed by atoms with Gasteiger partial charge in [-0.05, 0) is 40.6 Å². The summed E-state index contributed by atoms with van der Waals surface area (Å²) in [4.78, 5) is 0. The Morgan fingerprint density at radius 1 is 1.50 bits per heavy atom. The Kier molecular flexibility index (Phi) is 3.75. The molecule has 0 aliphatic heterocycles. The minimum atomic E-state index is -0.407. The van der Waals surface area contributed by atoms with Gasteiger partial charge in [0.25, 0.3) is 0 Å². The lowest BCUT2D eigenvalue weighted by atomic mass is 10.1. The highest BCUT2D eigenvalue weighted by Gasteiger charge is 2.07. The standard InChI is InChI=1S/C10H11IO/c1-2-5-10(12)8-6-3-4-7-9(8)11/h2-4,6-7,10,12H,1,5H2/t10-/m1/s1. The van der Waals surface area contributed by atoms with Crippen molar-refractivity contribution in [3.8, 4) is 0 Å². The highest BCUT2D eigenvalue weighted by atomic mass is 127. The van der Waals surface area contributed by atoms with Crippen LogP contribution in [0.2, 0.25) is 0 Å². The first kappa shape index (κ1) is 9.74. The zero-order chi connectivity index (χ0) is 8.97. The molecule has 0 saturated heterocycles. The molecule has 12 heavy (non-hydrogen) atoms. The van der Waals surface area contributed by atoms with E-state index in [0.717, 1.165) is 9.13 Å². The van der Waals surface area contributed by atoms with E-state index in [-0.39, 0.29) is 0 Å². The van der Waals surface area contributed by atoms with Crippen molar-refractivity contribution in [2.75, 3.05) is 0 Å². The van der Waals surface area contributed by atoms with Crippen LogP contribution in [-0.4, -0.2) is 5.11 Å². The molecule has 0 bridgehead atoms. The maximum atomic E-state index is 9.63. The molecule has 0 aliphatic carbocycles. The van der Waals surface area contributed by atoms with Gasteiger partial charge in [0.15, 0.2) is 0 Å². The average molecular weight is 274 g/mol. The Bertz CT molecular complexity index is 270. The molecule has 0 radical (unpaired) electrons. The van der Waals surface area contributed by atoms with Gasteiger partial charge in [-0.1, -0.05) is 24.3 Å². The van der Waals surface area contributed by atoms with E-state index in [4.69, 9.17) is 0 Å². The molecule has 1 aromatic carbocycles. The lowest BCUT2D eigenvalue weighted by molar-refractivity contribution is 0.181. The summed E-state index contributed by atoms with van der Waals surface area (Å²) in [5.74, 6) is 0. The van der Waals surface area contributed by atoms with Crippen LogP contribution in [0.4, 0.5) is 0 Å². The first-order chi connectivity index (χ1) is 5.75. The first-order valence-corrected chi connectivity index (χ1v) is 4.87. The van der Waals surface area contributed by atoms with Crippen molar-refractivity contribution >= 4 is 22.6 Å². The molecule has 1 N–H and O–H groups in total. The summed E-state index contributed by atoms with van der Waals surface area (Å²) in [6, 6.07) is 7.83. The highest BCUT2D eigenvalue weighted by Crippen LogP contribution is 2.22. The molecule has 0 amide bonds. The zero-order valence-corrected chi connectivity index (χ0v) is 8.86. The largest absolute Gasteiger partial charge is 0.388 e. The van der Waals surface area contributed by atoms with Crippen LogP contribution in [0.1, 0.15) is 18.1 Å². The fraction of sp³-hybridized carbons (Fsp3) is 0.200. The molecule has 1 aromatic rings. The van der Waals surface area contributed by atoms with Gasteiger partial charge in [-0.15, -0.1) is 6.58 Å². The second-order valence-corrected chi connectivity index (χ2v) is 3.72. The maximum Gasteiger partial charge on any atom is 0.0834 e. The lowest BCUT2D eigenvalue weighted by Gasteiger charge is -2.09. The summed E-state index contributed by atoms with van der Waals surface area (Å²) < 4.78 is 1.10. The Balaban J connectivity index is 2.86. The molecular weight excluding hydrogens is 263 g/mol. The molecule has 0 heterocycles. The van der Waals surface area contributed by atoms with Crippen LogP contribution in [0, 0.1) is 3.57 Å². The zero-order valence-electron chi connectivity index (χ0n) is 6.70. The molecular formula is C10H11IO. The summed E-state index contributed by atoms with van der Waals surface area (Å²) in [6.45, 7) is 3.59. The van der Waals surface area contributed by atoms with E-state index in [1.165, 1.54) is 0 Å². The number of aliphatic hydroxyl groups is 1. The molecule has 1 rings (SSSR count). The van der Waals surface area contributed by atoms with E-state index in [0.29, 0.717) is 6.42 Å². The minimum Gasteiger partial charge on any atom is -0.388 e. The Morgan fingerprint density at radius 2 is 2.17 bits per heavy atom. The Hall–Kier alpha value is -0.350. The van der Waals surface area contributed by atoms with Crippen LogP contribution >= 0.6 is 22.6 Å². The van der Waals surface area contributed by atoms with Crippen LogP contribution in [0.3, 0.4) is 0 Å². The fourth-order valence-electron chi connectivity index (χ4n) is 1.03. The Morgan fingerprint density at radius 3 is 2.75 bits per heavy atom. The van der Waals surface area contributed by atoms with E-state index in [9.17, 15) is 5.11 Å². The predicted molar refractivity (Wildman–Crippen MR) is 58.9 cm³/mol. The minimum absolute atomic E-state index is 0.407. The van der Waals surface area contributed by atoms with Crippen molar-refractivity contribution < 1.29 is 5.11 Å². The molecule has 0 aliphatic rings. The topological polar surface area (TPSA) is 20.2 Å². The number of hydrogen-bond donors (Lipinski definition) is 1. The Labute approximate surface area is 86.3 Å². The van der Waals surface area contributed by atoms with Gasteiger partial charge in [0.2, 0.25) is 0 Å². The summed E-state index contributed by atoms with van der Waals surface area (Å²) in [5.41, 5.74) is 0.984. The molecule has 0 aromatic heterocycles. The number of aliphatic hydroxyl groups excluding tert-OH is 1. The summed E-state index contributed by atoms with van der Waals surface area (Å²) in [7, 11) is 0. The van der Waals surface area contributed by atoms with E-state index in [1.54, 1.807) is 6.08 Å². The number of rotatable bonds is 3. The third-order valence-electron chi connectivity index (χ3n) is 1.65. The summed E-state index contributed by atoms with van der Waals surface area (Å²) >= 11 is 2.22. The molecule has 64 valence electrons. The fourth-order valence-corrected chi connectivity index (χ4v) is 1.78. The van der Waals surface area contributed by atoms with Crippen molar-refractivity contribution in [1.29, 1.82) is 0 Å². The normalized spacial score (nSPS) is 12.5. The smallest absolute Gasteiger partial charge is 0.0834 e. The van der Waals surface area contributed by atoms with Crippen LogP contribution in [0.15, 0.2) is 36.9 Å². The molecule has 0 fully saturated rings. The monoisotopic (exact) mass is 274 g/mol. The molecule has 1 nitrogen and oxygen atoms in total. The number of benzene rings is 1. The van der Waals surface area contributed by atoms with Gasteiger partial charge in [0.05, 0.1) is 6.10 Å². The first-order valence-electron chi connectivity index (χ1n) is 3.79. The SMILES string of the molecule is C=CC[C@@H](O)c1ccccc1I. The molecule has 0 saturated carbocycles. The average Bonchev–Trinajstić information content (AvgIpc) is 2.05. The van der Waals surface area contributed by atoms with Crippen molar-refractivity contribution in [2.45, 2.75) is 12.5 Å². The van der Waals surface area contributed by atoms with Crippen LogP contribution < -0.4 is 0 Å². The summed E-state index contributed by atoms with van der Waals surface area (Å²) in [6.07, 6.45) is 1.93. The van der Waals surface area contributed by atoms with Crippen LogP contribution in [0.5, 0.6) is 0 Å². The van der Waals surface area contributed by atoms with Crippen molar-refractivity contribution in [2.24, 2.45) is 0 Å². The van der Waals surface area contributed by atoms with Crippen molar-refractivity contribution in [1.82, 2.24) is 0 Å². The summed E-state index contributed by atoms with van der Waals surface area (Å²) in [5, 5.41) is 9.63. The van der Waals surface area contributed by atoms with Crippen molar-refractivity contribution in [3.63, 3.8) is 0 Å². The molecule has 0 unspecified atom stereocenters. The van der Waals surface area contributed by atoms with Crippen LogP contribution in [0.25, 0.3) is 0 Å².